The van der Waals surface area contributed by atoms with Crippen LogP contribution in [-0.2, 0) is 22.7 Å². The van der Waals surface area contributed by atoms with Gasteiger partial charge in [-0.3, -0.25) is 0 Å². The quantitative estimate of drug-likeness (QED) is 0.163. The van der Waals surface area contributed by atoms with Crippen LogP contribution in [0.5, 0.6) is 11.5 Å². The van der Waals surface area contributed by atoms with Crippen molar-refractivity contribution in [2.24, 2.45) is 0 Å². The molecule has 4 aromatic rings. The molecule has 214 valence electrons. The number of carbonyl (C=O) groups is 2. The summed E-state index contributed by atoms with van der Waals surface area (Å²) in [5.74, 6) is -3.01. The third kappa shape index (κ3) is 12.5. The predicted molar refractivity (Wildman–Crippen MR) is 163 cm³/mol. The van der Waals surface area contributed by atoms with Crippen LogP contribution >= 0.6 is 46.2 Å². The van der Waals surface area contributed by atoms with Crippen molar-refractivity contribution in [2.75, 3.05) is 28.2 Å². The Hall–Kier alpha value is -3.00. The van der Waals surface area contributed by atoms with E-state index in [1.54, 1.807) is 70.5 Å². The number of nitrogens with zero attached hydrogens (tertiary/aromatic N) is 2. The molecular formula is C28H32N2O6S4. The van der Waals surface area contributed by atoms with Crippen molar-refractivity contribution in [2.45, 2.75) is 32.7 Å². The zero-order chi connectivity index (χ0) is 29.7. The van der Waals surface area contributed by atoms with Gasteiger partial charge in [-0.05, 0) is 86.5 Å². The average molecular weight is 621 g/mol. The van der Waals surface area contributed by atoms with Gasteiger partial charge < -0.3 is 30.2 Å². The van der Waals surface area contributed by atoms with E-state index in [2.05, 4.69) is 59.5 Å². The van der Waals surface area contributed by atoms with Crippen molar-refractivity contribution in [1.29, 1.82) is 0 Å². The minimum Gasteiger partial charge on any atom is -0.508 e. The van der Waals surface area contributed by atoms with Gasteiger partial charge in [0.05, 0.1) is 0 Å². The van der Waals surface area contributed by atoms with Gasteiger partial charge in [0.15, 0.2) is 0 Å². The lowest BCUT2D eigenvalue weighted by Gasteiger charge is -2.10. The molecule has 8 nitrogen and oxygen atoms in total. The number of benzene rings is 2. The molecule has 0 saturated carbocycles. The van der Waals surface area contributed by atoms with E-state index < -0.39 is 11.9 Å². The van der Waals surface area contributed by atoms with Gasteiger partial charge in [0, 0.05) is 43.4 Å². The molecule has 2 heterocycles. The summed E-state index contributed by atoms with van der Waals surface area (Å²) in [4.78, 5) is 27.2. The van der Waals surface area contributed by atoms with E-state index in [-0.39, 0.29) is 0 Å². The number of aliphatic carboxylic acids is 2. The van der Waals surface area contributed by atoms with E-state index in [1.807, 2.05) is 24.3 Å². The summed E-state index contributed by atoms with van der Waals surface area (Å²) in [6, 6.07) is 14.7. The van der Waals surface area contributed by atoms with Gasteiger partial charge in [0.25, 0.3) is 0 Å². The monoisotopic (exact) mass is 620 g/mol. The fourth-order valence-corrected chi connectivity index (χ4v) is 7.02. The molecule has 0 radical (unpaired) electrons. The summed E-state index contributed by atoms with van der Waals surface area (Å²) in [6.45, 7) is 1.90. The van der Waals surface area contributed by atoms with Crippen molar-refractivity contribution in [1.82, 2.24) is 9.80 Å². The Bertz CT molecular complexity index is 1270. The average Bonchev–Trinajstić information content (AvgIpc) is 3.48. The van der Waals surface area contributed by atoms with Crippen LogP contribution in [-0.4, -0.2) is 70.4 Å². The van der Waals surface area contributed by atoms with Crippen LogP contribution in [0.4, 0.5) is 0 Å². The second-order valence-corrected chi connectivity index (χ2v) is 12.5. The maximum Gasteiger partial charge on any atom is 0.414 e. The molecule has 0 fully saturated rings. The number of rotatable bonds is 8. The molecule has 0 spiro atoms. The van der Waals surface area contributed by atoms with Crippen LogP contribution in [0, 0.1) is 0 Å². The summed E-state index contributed by atoms with van der Waals surface area (Å²) in [7, 11) is 8.28. The van der Waals surface area contributed by atoms with Crippen LogP contribution in [0.25, 0.3) is 0 Å². The van der Waals surface area contributed by atoms with E-state index in [4.69, 9.17) is 19.8 Å². The molecular weight excluding hydrogens is 589 g/mol. The summed E-state index contributed by atoms with van der Waals surface area (Å²) in [5, 5.41) is 42.3. The summed E-state index contributed by atoms with van der Waals surface area (Å²) in [5.41, 5.74) is 2.68. The van der Waals surface area contributed by atoms with Gasteiger partial charge in [0.1, 0.15) is 11.5 Å². The number of carboxylic acid groups (broad SMARTS) is 2. The molecule has 0 atom stereocenters. The molecule has 2 aromatic carbocycles. The third-order valence-corrected chi connectivity index (χ3v) is 8.71. The third-order valence-electron chi connectivity index (χ3n) is 4.65. The molecule has 0 aliphatic rings. The van der Waals surface area contributed by atoms with Crippen molar-refractivity contribution in [3.05, 3.63) is 81.2 Å². The maximum atomic E-state index is 9.44. The number of phenols is 2. The normalized spacial score (nSPS) is 10.4. The summed E-state index contributed by atoms with van der Waals surface area (Å²) in [6.07, 6.45) is 0. The number of hydrogen-bond acceptors (Lipinski definition) is 10. The fraction of sp³-hybridized carbons (Fsp3) is 0.214. The van der Waals surface area contributed by atoms with Gasteiger partial charge in [0.2, 0.25) is 0 Å². The molecule has 12 heteroatoms. The van der Waals surface area contributed by atoms with Crippen molar-refractivity contribution in [3.63, 3.8) is 0 Å². The van der Waals surface area contributed by atoms with Crippen LogP contribution in [0.15, 0.2) is 89.6 Å². The highest BCUT2D eigenvalue weighted by Crippen LogP contribution is 2.35. The highest BCUT2D eigenvalue weighted by Gasteiger charge is 2.08. The molecule has 0 bridgehead atoms. The Morgan fingerprint density at radius 2 is 1.05 bits per heavy atom. The summed E-state index contributed by atoms with van der Waals surface area (Å²) < 4.78 is 0. The molecule has 2 aromatic heterocycles. The van der Waals surface area contributed by atoms with Crippen LogP contribution in [0.3, 0.4) is 0 Å². The van der Waals surface area contributed by atoms with Gasteiger partial charge in [-0.1, -0.05) is 35.7 Å². The zero-order valence-electron chi connectivity index (χ0n) is 22.5. The molecule has 0 amide bonds. The van der Waals surface area contributed by atoms with Crippen LogP contribution in [0.2, 0.25) is 0 Å². The Labute approximate surface area is 250 Å². The topological polar surface area (TPSA) is 122 Å². The second kappa shape index (κ2) is 17.0. The Balaban J connectivity index is 0.000000234. The Kier molecular flexibility index (Phi) is 14.1. The summed E-state index contributed by atoms with van der Waals surface area (Å²) >= 11 is 6.84. The van der Waals surface area contributed by atoms with Crippen molar-refractivity contribution < 1.29 is 30.0 Å². The highest BCUT2D eigenvalue weighted by molar-refractivity contribution is 7.99. The number of carboxylic acids is 2. The van der Waals surface area contributed by atoms with Crippen molar-refractivity contribution >= 4 is 58.1 Å². The number of aromatic hydroxyl groups is 2. The van der Waals surface area contributed by atoms with Gasteiger partial charge >= 0.3 is 11.9 Å². The Morgan fingerprint density at radius 1 is 0.675 bits per heavy atom. The molecule has 4 N–H and O–H groups in total. The second-order valence-electron chi connectivity index (χ2n) is 8.81. The largest absolute Gasteiger partial charge is 0.508 e. The lowest BCUT2D eigenvalue weighted by molar-refractivity contribution is -0.159. The predicted octanol–water partition coefficient (Wildman–Crippen LogP) is 6.49. The maximum absolute atomic E-state index is 9.44. The molecule has 0 unspecified atom stereocenters. The first-order chi connectivity index (χ1) is 18.9. The zero-order valence-corrected chi connectivity index (χ0v) is 25.7. The first-order valence-corrected chi connectivity index (χ1v) is 15.3. The van der Waals surface area contributed by atoms with E-state index in [9.17, 15) is 10.2 Å². The van der Waals surface area contributed by atoms with E-state index >= 15 is 0 Å². The van der Waals surface area contributed by atoms with Gasteiger partial charge in [-0.15, -0.1) is 0 Å². The first-order valence-electron chi connectivity index (χ1n) is 11.7. The Morgan fingerprint density at radius 3 is 1.35 bits per heavy atom. The minimum atomic E-state index is -1.82. The minimum absolute atomic E-state index is 0.319. The molecule has 40 heavy (non-hydrogen) atoms. The fourth-order valence-electron chi connectivity index (χ4n) is 3.06. The number of hydrogen-bond donors (Lipinski definition) is 4. The molecule has 0 aliphatic carbocycles. The number of thiophene rings is 2. The molecule has 0 saturated heterocycles. The van der Waals surface area contributed by atoms with Gasteiger partial charge in [-0.2, -0.15) is 22.7 Å². The standard InChI is InChI=1S/2C13H15NOS2.C2H2O4/c2*1-14(2)7-10-8-16-9-13(10)17-12-5-3-4-11(15)6-12;3-1(4)2(5)6/h2*3-6,8-9,15H,7H2,1-2H3;(H,3,4)(H,5,6). The van der Waals surface area contributed by atoms with Crippen molar-refractivity contribution in [3.8, 4) is 11.5 Å². The van der Waals surface area contributed by atoms with E-state index in [0.717, 1.165) is 22.9 Å². The van der Waals surface area contributed by atoms with Crippen LogP contribution in [0.1, 0.15) is 11.1 Å². The van der Waals surface area contributed by atoms with E-state index in [0.29, 0.717) is 11.5 Å². The van der Waals surface area contributed by atoms with E-state index in [1.165, 1.54) is 20.9 Å². The van der Waals surface area contributed by atoms with Crippen LogP contribution < -0.4 is 0 Å². The lowest BCUT2D eigenvalue weighted by Crippen LogP contribution is -2.10. The highest BCUT2D eigenvalue weighted by atomic mass is 32.2. The molecule has 0 aliphatic heterocycles. The lowest BCUT2D eigenvalue weighted by atomic mass is 10.3. The SMILES string of the molecule is CN(C)Cc1cscc1Sc1cccc(O)c1.CN(C)Cc1cscc1Sc1cccc(O)c1.O=C(O)C(=O)O. The smallest absolute Gasteiger partial charge is 0.414 e. The molecule has 4 rings (SSSR count). The first kappa shape index (κ1) is 33.2. The van der Waals surface area contributed by atoms with Gasteiger partial charge in [-0.25, -0.2) is 9.59 Å². The number of phenolic OH excluding ortho intramolecular Hbond substituents is 2.